The number of hydrogen-bond acceptors (Lipinski definition) is 2. The summed E-state index contributed by atoms with van der Waals surface area (Å²) in [4.78, 5) is 12.9. The van der Waals surface area contributed by atoms with Gasteiger partial charge in [0.05, 0.1) is 0 Å². The van der Waals surface area contributed by atoms with Crippen molar-refractivity contribution in [3.8, 4) is 0 Å². The maximum absolute atomic E-state index is 11.6. The molecule has 0 saturated carbocycles. The van der Waals surface area contributed by atoms with Crippen molar-refractivity contribution >= 4 is 17.5 Å². The quantitative estimate of drug-likeness (QED) is 0.740. The van der Waals surface area contributed by atoms with Crippen molar-refractivity contribution in [3.05, 3.63) is 29.8 Å². The molecule has 0 aliphatic carbocycles. The summed E-state index contributed by atoms with van der Waals surface area (Å²) in [6.07, 6.45) is 1.59. The molecule has 0 radical (unpaired) electrons. The average molecular weight is 206 g/mol. The largest absolute Gasteiger partial charge is 0.299 e. The van der Waals surface area contributed by atoms with Gasteiger partial charge in [0.2, 0.25) is 0 Å². The van der Waals surface area contributed by atoms with Crippen LogP contribution >= 0.6 is 11.8 Å². The number of Topliss-reactive ketones (excluding diaryl/α,β-unsaturated/α-hetero) is 1. The van der Waals surface area contributed by atoms with Gasteiger partial charge in [-0.1, -0.05) is 19.1 Å². The van der Waals surface area contributed by atoms with Gasteiger partial charge in [-0.2, -0.15) is 0 Å². The van der Waals surface area contributed by atoms with Gasteiger partial charge in [0, 0.05) is 23.0 Å². The fourth-order valence-corrected chi connectivity index (χ4v) is 2.90. The van der Waals surface area contributed by atoms with Gasteiger partial charge in [0.15, 0.2) is 0 Å². The van der Waals surface area contributed by atoms with E-state index in [9.17, 15) is 4.79 Å². The number of ketones is 1. The molecule has 2 rings (SSSR count). The van der Waals surface area contributed by atoms with Gasteiger partial charge in [-0.15, -0.1) is 11.8 Å². The molecule has 1 nitrogen and oxygen atoms in total. The number of rotatable bonds is 2. The first kappa shape index (κ1) is 9.78. The molecule has 0 aromatic heterocycles. The van der Waals surface area contributed by atoms with Crippen LogP contribution in [0.25, 0.3) is 0 Å². The van der Waals surface area contributed by atoms with E-state index in [1.54, 1.807) is 11.8 Å². The van der Waals surface area contributed by atoms with Crippen LogP contribution < -0.4 is 0 Å². The van der Waals surface area contributed by atoms with Crippen molar-refractivity contribution in [1.82, 2.24) is 0 Å². The van der Waals surface area contributed by atoms with E-state index in [0.29, 0.717) is 12.2 Å². The minimum absolute atomic E-state index is 0.227. The van der Waals surface area contributed by atoms with Gasteiger partial charge < -0.3 is 0 Å². The highest BCUT2D eigenvalue weighted by molar-refractivity contribution is 7.99. The van der Waals surface area contributed by atoms with Crippen molar-refractivity contribution in [2.24, 2.45) is 5.92 Å². The Hall–Kier alpha value is -0.760. The van der Waals surface area contributed by atoms with Crippen LogP contribution in [0.5, 0.6) is 0 Å². The summed E-state index contributed by atoms with van der Waals surface area (Å²) in [5.41, 5.74) is 1.30. The molecule has 1 unspecified atom stereocenters. The Balaban J connectivity index is 2.18. The van der Waals surface area contributed by atoms with Crippen molar-refractivity contribution in [3.63, 3.8) is 0 Å². The summed E-state index contributed by atoms with van der Waals surface area (Å²) in [6, 6.07) is 8.52. The number of carbonyl (C=O) groups excluding carboxylic acids is 1. The summed E-state index contributed by atoms with van der Waals surface area (Å²) in [5, 5.41) is 0. The Kier molecular flexibility index (Phi) is 2.92. The molecule has 1 aromatic carbocycles. The monoisotopic (exact) mass is 206 g/mol. The second kappa shape index (κ2) is 4.18. The minimum atomic E-state index is 0.227. The Morgan fingerprint density at radius 1 is 1.57 bits per heavy atom. The molecule has 1 aliphatic rings. The molecular weight excluding hydrogens is 192 g/mol. The number of hydrogen-bond donors (Lipinski definition) is 0. The standard InChI is InChI=1S/C12H14OS/c1-2-12(13)10-6-9-4-3-5-11(7-9)14-8-10/h3-5,7,10H,2,6,8H2,1H3. The number of benzene rings is 1. The SMILES string of the molecule is CCC(=O)C1CSc2cccc(c2)C1. The highest BCUT2D eigenvalue weighted by Crippen LogP contribution is 2.28. The Labute approximate surface area is 88.9 Å². The third-order valence-electron chi connectivity index (χ3n) is 2.64. The summed E-state index contributed by atoms with van der Waals surface area (Å²) < 4.78 is 0. The van der Waals surface area contributed by atoms with Crippen LogP contribution in [0.15, 0.2) is 29.2 Å². The normalized spacial score (nSPS) is 20.2. The molecule has 1 atom stereocenters. The van der Waals surface area contributed by atoms with Gasteiger partial charge in [0.25, 0.3) is 0 Å². The van der Waals surface area contributed by atoms with Crippen LogP contribution in [-0.2, 0) is 11.2 Å². The topological polar surface area (TPSA) is 17.1 Å². The van der Waals surface area contributed by atoms with Crippen LogP contribution in [-0.4, -0.2) is 11.5 Å². The molecule has 2 bridgehead atoms. The third kappa shape index (κ3) is 2.01. The van der Waals surface area contributed by atoms with E-state index in [1.807, 2.05) is 6.92 Å². The van der Waals surface area contributed by atoms with E-state index < -0.39 is 0 Å². The fourth-order valence-electron chi connectivity index (χ4n) is 1.80. The maximum Gasteiger partial charge on any atom is 0.136 e. The van der Waals surface area contributed by atoms with Crippen molar-refractivity contribution in [2.75, 3.05) is 5.75 Å². The lowest BCUT2D eigenvalue weighted by Crippen LogP contribution is -2.17. The van der Waals surface area contributed by atoms with E-state index in [2.05, 4.69) is 24.3 Å². The number of thioether (sulfide) groups is 1. The minimum Gasteiger partial charge on any atom is -0.299 e. The van der Waals surface area contributed by atoms with Gasteiger partial charge in [-0.3, -0.25) is 4.79 Å². The molecule has 1 aromatic rings. The van der Waals surface area contributed by atoms with Gasteiger partial charge in [0.1, 0.15) is 5.78 Å². The van der Waals surface area contributed by atoms with E-state index in [4.69, 9.17) is 0 Å². The van der Waals surface area contributed by atoms with Crippen molar-refractivity contribution < 1.29 is 4.79 Å². The van der Waals surface area contributed by atoms with Gasteiger partial charge >= 0.3 is 0 Å². The molecular formula is C12H14OS. The molecule has 74 valence electrons. The van der Waals surface area contributed by atoms with E-state index in [1.165, 1.54) is 10.5 Å². The summed E-state index contributed by atoms with van der Waals surface area (Å²) >= 11 is 1.80. The molecule has 0 amide bonds. The summed E-state index contributed by atoms with van der Waals surface area (Å²) in [7, 11) is 0. The predicted octanol–water partition coefficient (Wildman–Crippen LogP) is 2.93. The van der Waals surface area contributed by atoms with Crippen LogP contribution in [0, 0.1) is 5.92 Å². The zero-order chi connectivity index (χ0) is 9.97. The van der Waals surface area contributed by atoms with Crippen LogP contribution in [0.4, 0.5) is 0 Å². The van der Waals surface area contributed by atoms with E-state index in [0.717, 1.165) is 12.2 Å². The lowest BCUT2D eigenvalue weighted by Gasteiger charge is -2.10. The second-order valence-corrected chi connectivity index (χ2v) is 4.77. The highest BCUT2D eigenvalue weighted by atomic mass is 32.2. The molecule has 0 fully saturated rings. The summed E-state index contributed by atoms with van der Waals surface area (Å²) in [6.45, 7) is 1.95. The number of fused-ring (bicyclic) bond motifs is 2. The molecule has 0 saturated heterocycles. The first-order valence-corrected chi connectivity index (χ1v) is 6.02. The number of carbonyl (C=O) groups is 1. The summed E-state index contributed by atoms with van der Waals surface area (Å²) in [5.74, 6) is 1.57. The zero-order valence-electron chi connectivity index (χ0n) is 8.32. The van der Waals surface area contributed by atoms with E-state index in [-0.39, 0.29) is 5.92 Å². The van der Waals surface area contributed by atoms with Gasteiger partial charge in [-0.25, -0.2) is 0 Å². The molecule has 2 heteroatoms. The maximum atomic E-state index is 11.6. The molecule has 1 heterocycles. The Morgan fingerprint density at radius 3 is 3.21 bits per heavy atom. The fraction of sp³-hybridized carbons (Fsp3) is 0.417. The van der Waals surface area contributed by atoms with E-state index >= 15 is 0 Å². The molecule has 1 aliphatic heterocycles. The molecule has 14 heavy (non-hydrogen) atoms. The van der Waals surface area contributed by atoms with Gasteiger partial charge in [-0.05, 0) is 24.1 Å². The highest BCUT2D eigenvalue weighted by Gasteiger charge is 2.20. The van der Waals surface area contributed by atoms with Crippen LogP contribution in [0.3, 0.4) is 0 Å². The van der Waals surface area contributed by atoms with Crippen LogP contribution in [0.2, 0.25) is 0 Å². The lowest BCUT2D eigenvalue weighted by atomic mass is 9.96. The first-order valence-electron chi connectivity index (χ1n) is 5.04. The Bertz CT molecular complexity index is 346. The van der Waals surface area contributed by atoms with Crippen molar-refractivity contribution in [1.29, 1.82) is 0 Å². The zero-order valence-corrected chi connectivity index (χ0v) is 9.14. The first-order chi connectivity index (χ1) is 6.79. The predicted molar refractivity (Wildman–Crippen MR) is 59.7 cm³/mol. The second-order valence-electron chi connectivity index (χ2n) is 3.68. The van der Waals surface area contributed by atoms with Crippen LogP contribution in [0.1, 0.15) is 18.9 Å². The van der Waals surface area contributed by atoms with Crippen molar-refractivity contribution in [2.45, 2.75) is 24.7 Å². The average Bonchev–Trinajstić information content (AvgIpc) is 2.36. The molecule has 0 N–H and O–H groups in total. The molecule has 0 spiro atoms. The third-order valence-corrected chi connectivity index (χ3v) is 3.79. The Morgan fingerprint density at radius 2 is 2.43 bits per heavy atom. The smallest absolute Gasteiger partial charge is 0.136 e. The lowest BCUT2D eigenvalue weighted by molar-refractivity contribution is -0.121.